The number of likely N-dealkylation sites (tertiary alicyclic amines) is 1. The lowest BCUT2D eigenvalue weighted by Gasteiger charge is -2.31. The smallest absolute Gasteiger partial charge is 0.222 e. The van der Waals surface area contributed by atoms with Gasteiger partial charge < -0.3 is 10.6 Å². The highest BCUT2D eigenvalue weighted by Gasteiger charge is 2.21. The van der Waals surface area contributed by atoms with Crippen LogP contribution in [0.1, 0.15) is 26.2 Å². The van der Waals surface area contributed by atoms with E-state index in [2.05, 4.69) is 0 Å². The molecule has 0 aliphatic carbocycles. The molecule has 1 fully saturated rings. The van der Waals surface area contributed by atoms with Crippen LogP contribution in [0.2, 0.25) is 0 Å². The summed E-state index contributed by atoms with van der Waals surface area (Å²) in [6.07, 6.45) is 2.90. The summed E-state index contributed by atoms with van der Waals surface area (Å²) in [6, 6.07) is 0.225. The molecule has 3 heteroatoms. The third-order valence-electron chi connectivity index (χ3n) is 2.23. The molecule has 1 atom stereocenters. The van der Waals surface area contributed by atoms with Gasteiger partial charge in [-0.05, 0) is 19.8 Å². The minimum absolute atomic E-state index is 0.225. The Morgan fingerprint density at radius 2 is 2.36 bits per heavy atom. The van der Waals surface area contributed by atoms with Gasteiger partial charge in [0.05, 0.1) is 0 Å². The zero-order valence-electron chi connectivity index (χ0n) is 7.05. The zero-order chi connectivity index (χ0) is 8.27. The minimum Gasteiger partial charge on any atom is -0.339 e. The van der Waals surface area contributed by atoms with Gasteiger partial charge in [-0.15, -0.1) is 0 Å². The number of piperidine rings is 1. The average molecular weight is 156 g/mol. The summed E-state index contributed by atoms with van der Waals surface area (Å²) in [5, 5.41) is 0. The van der Waals surface area contributed by atoms with Crippen molar-refractivity contribution in [2.75, 3.05) is 13.1 Å². The van der Waals surface area contributed by atoms with Gasteiger partial charge in [0.1, 0.15) is 0 Å². The molecule has 0 bridgehead atoms. The number of nitrogens with two attached hydrogens (primary N) is 1. The number of rotatable bonds is 2. The van der Waals surface area contributed by atoms with E-state index in [9.17, 15) is 4.79 Å². The molecule has 0 spiro atoms. The fourth-order valence-electron chi connectivity index (χ4n) is 1.42. The van der Waals surface area contributed by atoms with Crippen molar-refractivity contribution in [3.05, 3.63) is 0 Å². The molecular formula is C8H16N2O. The van der Waals surface area contributed by atoms with E-state index in [1.807, 2.05) is 11.8 Å². The summed E-state index contributed by atoms with van der Waals surface area (Å²) in [7, 11) is 0. The molecule has 1 aliphatic heterocycles. The first-order chi connectivity index (χ1) is 5.25. The second-order valence-electron chi connectivity index (χ2n) is 3.13. The van der Waals surface area contributed by atoms with Crippen molar-refractivity contribution in [2.24, 2.45) is 5.73 Å². The molecule has 1 aliphatic rings. The summed E-state index contributed by atoms with van der Waals surface area (Å²) >= 11 is 0. The van der Waals surface area contributed by atoms with E-state index in [0.29, 0.717) is 13.0 Å². The SMILES string of the molecule is CC(CN)N1CCCCC1=O. The van der Waals surface area contributed by atoms with Gasteiger partial charge in [-0.1, -0.05) is 0 Å². The van der Waals surface area contributed by atoms with Crippen molar-refractivity contribution in [1.82, 2.24) is 4.90 Å². The Kier molecular flexibility index (Phi) is 2.88. The lowest BCUT2D eigenvalue weighted by atomic mass is 10.1. The average Bonchev–Trinajstić information content (AvgIpc) is 2.04. The van der Waals surface area contributed by atoms with Gasteiger partial charge in [-0.25, -0.2) is 0 Å². The first-order valence-electron chi connectivity index (χ1n) is 4.25. The lowest BCUT2D eigenvalue weighted by Crippen LogP contribution is -2.45. The lowest BCUT2D eigenvalue weighted by molar-refractivity contribution is -0.135. The topological polar surface area (TPSA) is 46.3 Å². The Hall–Kier alpha value is -0.570. The van der Waals surface area contributed by atoms with Crippen LogP contribution in [0, 0.1) is 0 Å². The van der Waals surface area contributed by atoms with Gasteiger partial charge >= 0.3 is 0 Å². The largest absolute Gasteiger partial charge is 0.339 e. The van der Waals surface area contributed by atoms with Crippen LogP contribution >= 0.6 is 0 Å². The zero-order valence-corrected chi connectivity index (χ0v) is 7.05. The van der Waals surface area contributed by atoms with Crippen LogP contribution in [0.25, 0.3) is 0 Å². The predicted molar refractivity (Wildman–Crippen MR) is 44.1 cm³/mol. The van der Waals surface area contributed by atoms with Crippen molar-refractivity contribution in [3.8, 4) is 0 Å². The summed E-state index contributed by atoms with van der Waals surface area (Å²) in [4.78, 5) is 13.2. The molecule has 1 unspecified atom stereocenters. The molecule has 0 saturated carbocycles. The standard InChI is InChI=1S/C8H16N2O/c1-7(6-9)10-5-3-2-4-8(10)11/h7H,2-6,9H2,1H3. The fraction of sp³-hybridized carbons (Fsp3) is 0.875. The predicted octanol–water partition coefficient (Wildman–Crippen LogP) is 0.346. The molecule has 2 N–H and O–H groups in total. The maximum absolute atomic E-state index is 11.3. The van der Waals surface area contributed by atoms with E-state index in [1.165, 1.54) is 0 Å². The van der Waals surface area contributed by atoms with E-state index < -0.39 is 0 Å². The van der Waals surface area contributed by atoms with Crippen molar-refractivity contribution in [1.29, 1.82) is 0 Å². The minimum atomic E-state index is 0.225. The summed E-state index contributed by atoms with van der Waals surface area (Å²) < 4.78 is 0. The van der Waals surface area contributed by atoms with Gasteiger partial charge in [-0.3, -0.25) is 4.79 Å². The number of carbonyl (C=O) groups is 1. The Balaban J connectivity index is 2.47. The normalized spacial score (nSPS) is 22.0. The molecule has 11 heavy (non-hydrogen) atoms. The van der Waals surface area contributed by atoms with Crippen LogP contribution in [0.4, 0.5) is 0 Å². The molecule has 0 aromatic heterocycles. The summed E-state index contributed by atoms with van der Waals surface area (Å²) in [5.74, 6) is 0.272. The third-order valence-corrected chi connectivity index (χ3v) is 2.23. The fourth-order valence-corrected chi connectivity index (χ4v) is 1.42. The molecule has 1 amide bonds. The van der Waals surface area contributed by atoms with Gasteiger partial charge in [0.2, 0.25) is 5.91 Å². The van der Waals surface area contributed by atoms with E-state index in [0.717, 1.165) is 19.4 Å². The van der Waals surface area contributed by atoms with Crippen molar-refractivity contribution in [2.45, 2.75) is 32.2 Å². The Morgan fingerprint density at radius 1 is 1.64 bits per heavy atom. The molecule has 0 aromatic carbocycles. The van der Waals surface area contributed by atoms with E-state index >= 15 is 0 Å². The first kappa shape index (κ1) is 8.53. The molecule has 64 valence electrons. The first-order valence-corrected chi connectivity index (χ1v) is 4.25. The Bertz CT molecular complexity index is 147. The molecule has 1 saturated heterocycles. The van der Waals surface area contributed by atoms with Gasteiger partial charge in [0, 0.05) is 25.6 Å². The van der Waals surface area contributed by atoms with Crippen LogP contribution < -0.4 is 5.73 Å². The molecule has 0 aromatic rings. The maximum atomic E-state index is 11.3. The number of carbonyl (C=O) groups excluding carboxylic acids is 1. The molecule has 3 nitrogen and oxygen atoms in total. The monoisotopic (exact) mass is 156 g/mol. The van der Waals surface area contributed by atoms with E-state index in [-0.39, 0.29) is 11.9 Å². The highest BCUT2D eigenvalue weighted by atomic mass is 16.2. The Labute approximate surface area is 67.5 Å². The summed E-state index contributed by atoms with van der Waals surface area (Å²) in [5.41, 5.74) is 5.47. The second kappa shape index (κ2) is 3.72. The van der Waals surface area contributed by atoms with Crippen LogP contribution in [-0.2, 0) is 4.79 Å². The van der Waals surface area contributed by atoms with Gasteiger partial charge in [-0.2, -0.15) is 0 Å². The number of nitrogens with zero attached hydrogens (tertiary/aromatic N) is 1. The van der Waals surface area contributed by atoms with Crippen molar-refractivity contribution < 1.29 is 4.79 Å². The Morgan fingerprint density at radius 3 is 2.91 bits per heavy atom. The molecule has 1 heterocycles. The van der Waals surface area contributed by atoms with Crippen molar-refractivity contribution in [3.63, 3.8) is 0 Å². The number of hydrogen-bond acceptors (Lipinski definition) is 2. The molecule has 1 rings (SSSR count). The van der Waals surface area contributed by atoms with Gasteiger partial charge in [0.25, 0.3) is 0 Å². The maximum Gasteiger partial charge on any atom is 0.222 e. The van der Waals surface area contributed by atoms with Crippen LogP contribution in [-0.4, -0.2) is 29.9 Å². The van der Waals surface area contributed by atoms with Crippen LogP contribution in [0.15, 0.2) is 0 Å². The molecule has 0 radical (unpaired) electrons. The van der Waals surface area contributed by atoms with Gasteiger partial charge in [0.15, 0.2) is 0 Å². The van der Waals surface area contributed by atoms with Crippen molar-refractivity contribution >= 4 is 5.91 Å². The highest BCUT2D eigenvalue weighted by Crippen LogP contribution is 2.12. The number of amides is 1. The van der Waals surface area contributed by atoms with Crippen LogP contribution in [0.3, 0.4) is 0 Å². The number of hydrogen-bond donors (Lipinski definition) is 1. The molecular weight excluding hydrogens is 140 g/mol. The second-order valence-corrected chi connectivity index (χ2v) is 3.13. The quantitative estimate of drug-likeness (QED) is 0.627. The highest BCUT2D eigenvalue weighted by molar-refractivity contribution is 5.77. The van der Waals surface area contributed by atoms with Crippen LogP contribution in [0.5, 0.6) is 0 Å². The van der Waals surface area contributed by atoms with E-state index in [4.69, 9.17) is 5.73 Å². The third kappa shape index (κ3) is 1.93. The van der Waals surface area contributed by atoms with E-state index in [1.54, 1.807) is 0 Å². The summed E-state index contributed by atoms with van der Waals surface area (Å²) in [6.45, 7) is 3.48.